The van der Waals surface area contributed by atoms with Crippen LogP contribution in [-0.4, -0.2) is 17.1 Å². The van der Waals surface area contributed by atoms with Crippen LogP contribution in [0.1, 0.15) is 18.1 Å². The van der Waals surface area contributed by atoms with E-state index in [1.165, 1.54) is 0 Å². The molecule has 2 aromatic rings. The molecule has 1 heterocycles. The molecule has 1 aromatic heterocycles. The molecule has 22 heavy (non-hydrogen) atoms. The zero-order valence-corrected chi connectivity index (χ0v) is 14.5. The lowest BCUT2D eigenvalue weighted by Gasteiger charge is -2.15. The highest BCUT2D eigenvalue weighted by molar-refractivity contribution is 9.10. The van der Waals surface area contributed by atoms with E-state index in [4.69, 9.17) is 21.1 Å². The van der Waals surface area contributed by atoms with Crippen molar-refractivity contribution in [1.82, 2.24) is 4.98 Å². The molecule has 4 nitrogen and oxygen atoms in total. The van der Waals surface area contributed by atoms with Gasteiger partial charge >= 0.3 is 5.97 Å². The van der Waals surface area contributed by atoms with Gasteiger partial charge in [-0.25, -0.2) is 9.78 Å². The van der Waals surface area contributed by atoms with Crippen LogP contribution < -0.4 is 4.74 Å². The number of ether oxygens (including phenoxy) is 2. The van der Waals surface area contributed by atoms with Crippen molar-refractivity contribution in [2.24, 2.45) is 0 Å². The Morgan fingerprint density at radius 3 is 2.77 bits per heavy atom. The van der Waals surface area contributed by atoms with E-state index in [0.717, 1.165) is 15.6 Å². The summed E-state index contributed by atoms with van der Waals surface area (Å²) in [4.78, 5) is 15.9. The summed E-state index contributed by atoms with van der Waals surface area (Å²) >= 11 is 9.11. The lowest BCUT2D eigenvalue weighted by Crippen LogP contribution is -2.26. The molecule has 1 unspecified atom stereocenters. The lowest BCUT2D eigenvalue weighted by atomic mass is 10.2. The van der Waals surface area contributed by atoms with Gasteiger partial charge in [-0.15, -0.1) is 0 Å². The van der Waals surface area contributed by atoms with Crippen LogP contribution in [0.2, 0.25) is 5.15 Å². The molecule has 0 N–H and O–H groups in total. The fraction of sp³-hybridized carbons (Fsp3) is 0.250. The highest BCUT2D eigenvalue weighted by Gasteiger charge is 2.17. The summed E-state index contributed by atoms with van der Waals surface area (Å²) in [6.45, 7) is 3.76. The highest BCUT2D eigenvalue weighted by Crippen LogP contribution is 2.26. The predicted molar refractivity (Wildman–Crippen MR) is 88.0 cm³/mol. The maximum atomic E-state index is 12.0. The van der Waals surface area contributed by atoms with Crippen LogP contribution in [0.5, 0.6) is 5.75 Å². The first-order valence-electron chi connectivity index (χ1n) is 6.65. The van der Waals surface area contributed by atoms with Crippen molar-refractivity contribution in [3.05, 3.63) is 57.3 Å². The average molecular weight is 385 g/mol. The Morgan fingerprint density at radius 1 is 1.36 bits per heavy atom. The minimum Gasteiger partial charge on any atom is -0.478 e. The van der Waals surface area contributed by atoms with Crippen molar-refractivity contribution in [1.29, 1.82) is 0 Å². The van der Waals surface area contributed by atoms with Crippen LogP contribution in [0.25, 0.3) is 0 Å². The molecule has 0 bridgehead atoms. The molecule has 0 aliphatic carbocycles. The minimum atomic E-state index is -0.709. The van der Waals surface area contributed by atoms with Gasteiger partial charge in [0.1, 0.15) is 17.5 Å². The number of benzene rings is 1. The monoisotopic (exact) mass is 383 g/mol. The van der Waals surface area contributed by atoms with Gasteiger partial charge in [0.15, 0.2) is 6.10 Å². The van der Waals surface area contributed by atoms with Gasteiger partial charge in [-0.05, 0) is 53.5 Å². The summed E-state index contributed by atoms with van der Waals surface area (Å²) in [6.07, 6.45) is 0.858. The third-order valence-corrected chi connectivity index (χ3v) is 3.74. The van der Waals surface area contributed by atoms with Gasteiger partial charge in [0.05, 0.1) is 4.47 Å². The number of halogens is 2. The summed E-state index contributed by atoms with van der Waals surface area (Å²) in [5.74, 6) is 0.158. The first-order valence-corrected chi connectivity index (χ1v) is 7.82. The molecule has 0 spiro atoms. The molecule has 1 atom stereocenters. The molecule has 6 heteroatoms. The van der Waals surface area contributed by atoms with Gasteiger partial charge in [0.2, 0.25) is 0 Å². The Labute approximate surface area is 142 Å². The predicted octanol–water partition coefficient (Wildman–Crippen LogP) is 4.32. The fourth-order valence-electron chi connectivity index (χ4n) is 1.70. The van der Waals surface area contributed by atoms with Gasteiger partial charge in [-0.3, -0.25) is 0 Å². The molecule has 2 rings (SSSR count). The van der Waals surface area contributed by atoms with Crippen molar-refractivity contribution in [2.45, 2.75) is 26.6 Å². The van der Waals surface area contributed by atoms with Gasteiger partial charge in [0.25, 0.3) is 0 Å². The van der Waals surface area contributed by atoms with E-state index in [1.807, 2.05) is 25.1 Å². The molecule has 0 fully saturated rings. The van der Waals surface area contributed by atoms with Gasteiger partial charge in [-0.2, -0.15) is 0 Å². The van der Waals surface area contributed by atoms with Gasteiger partial charge in [-0.1, -0.05) is 23.7 Å². The third kappa shape index (κ3) is 4.71. The maximum absolute atomic E-state index is 12.0. The van der Waals surface area contributed by atoms with E-state index < -0.39 is 12.1 Å². The number of hydrogen-bond acceptors (Lipinski definition) is 4. The van der Waals surface area contributed by atoms with Gasteiger partial charge < -0.3 is 9.47 Å². The summed E-state index contributed by atoms with van der Waals surface area (Å²) in [5, 5.41) is 0.399. The van der Waals surface area contributed by atoms with Crippen molar-refractivity contribution in [3.8, 4) is 5.75 Å². The number of carbonyl (C=O) groups excluding carboxylic acids is 1. The van der Waals surface area contributed by atoms with E-state index in [1.54, 1.807) is 25.3 Å². The molecule has 0 radical (unpaired) electrons. The number of aryl methyl sites for hydroxylation is 1. The van der Waals surface area contributed by atoms with Crippen molar-refractivity contribution in [3.63, 3.8) is 0 Å². The first-order chi connectivity index (χ1) is 10.5. The average Bonchev–Trinajstić information content (AvgIpc) is 2.49. The van der Waals surface area contributed by atoms with Crippen LogP contribution in [0.4, 0.5) is 0 Å². The van der Waals surface area contributed by atoms with Crippen molar-refractivity contribution < 1.29 is 14.3 Å². The van der Waals surface area contributed by atoms with Crippen LogP contribution in [-0.2, 0) is 16.1 Å². The molecule has 1 aromatic carbocycles. The Bertz CT molecular complexity index is 661. The second-order valence-electron chi connectivity index (χ2n) is 4.79. The number of rotatable bonds is 5. The van der Waals surface area contributed by atoms with E-state index in [0.29, 0.717) is 10.9 Å². The number of aromatic nitrogens is 1. The SMILES string of the molecule is Cc1ccc(OC(C)C(=O)OCc2ccc(Cl)nc2)c(Br)c1. The molecule has 0 aliphatic heterocycles. The molecule has 0 saturated carbocycles. The zero-order chi connectivity index (χ0) is 16.1. The second kappa shape index (κ2) is 7.61. The number of nitrogens with zero attached hydrogens (tertiary/aromatic N) is 1. The largest absolute Gasteiger partial charge is 0.478 e. The summed E-state index contributed by atoms with van der Waals surface area (Å²) in [5.41, 5.74) is 1.87. The normalized spacial score (nSPS) is 11.8. The highest BCUT2D eigenvalue weighted by atomic mass is 79.9. The molecule has 0 aliphatic rings. The molecule has 0 saturated heterocycles. The smallest absolute Gasteiger partial charge is 0.347 e. The van der Waals surface area contributed by atoms with E-state index in [9.17, 15) is 4.79 Å². The Balaban J connectivity index is 1.90. The van der Waals surface area contributed by atoms with Gasteiger partial charge in [0, 0.05) is 11.8 Å². The minimum absolute atomic E-state index is 0.131. The third-order valence-electron chi connectivity index (χ3n) is 2.89. The van der Waals surface area contributed by atoms with E-state index in [2.05, 4.69) is 20.9 Å². The number of hydrogen-bond donors (Lipinski definition) is 0. The zero-order valence-electron chi connectivity index (χ0n) is 12.2. The van der Waals surface area contributed by atoms with Crippen LogP contribution >= 0.6 is 27.5 Å². The molecular formula is C16H15BrClNO3. The number of pyridine rings is 1. The van der Waals surface area contributed by atoms with Crippen LogP contribution in [0, 0.1) is 6.92 Å². The maximum Gasteiger partial charge on any atom is 0.347 e. The van der Waals surface area contributed by atoms with Crippen LogP contribution in [0.3, 0.4) is 0 Å². The number of esters is 1. The topological polar surface area (TPSA) is 48.4 Å². The molecule has 116 valence electrons. The Kier molecular flexibility index (Phi) is 5.80. The van der Waals surface area contributed by atoms with E-state index in [-0.39, 0.29) is 6.61 Å². The summed E-state index contributed by atoms with van der Waals surface area (Å²) < 4.78 is 11.6. The molecular weight excluding hydrogens is 370 g/mol. The lowest BCUT2D eigenvalue weighted by molar-refractivity contribution is -0.152. The Morgan fingerprint density at radius 2 is 2.14 bits per heavy atom. The number of carbonyl (C=O) groups is 1. The summed E-state index contributed by atoms with van der Waals surface area (Å²) in [6, 6.07) is 9.05. The standard InChI is InChI=1S/C16H15BrClNO3/c1-10-3-5-14(13(17)7-10)22-11(2)16(20)21-9-12-4-6-15(18)19-8-12/h3-8,11H,9H2,1-2H3. The first kappa shape index (κ1) is 16.8. The second-order valence-corrected chi connectivity index (χ2v) is 6.03. The summed E-state index contributed by atoms with van der Waals surface area (Å²) in [7, 11) is 0. The van der Waals surface area contributed by atoms with Crippen LogP contribution in [0.15, 0.2) is 41.0 Å². The fourth-order valence-corrected chi connectivity index (χ4v) is 2.40. The van der Waals surface area contributed by atoms with Crippen molar-refractivity contribution in [2.75, 3.05) is 0 Å². The van der Waals surface area contributed by atoms with E-state index >= 15 is 0 Å². The molecule has 0 amide bonds. The quantitative estimate of drug-likeness (QED) is 0.569. The Hall–Kier alpha value is -1.59. The van der Waals surface area contributed by atoms with Crippen molar-refractivity contribution >= 4 is 33.5 Å².